The summed E-state index contributed by atoms with van der Waals surface area (Å²) in [5.41, 5.74) is 4.50. The van der Waals surface area contributed by atoms with E-state index in [1.165, 1.54) is 16.5 Å². The van der Waals surface area contributed by atoms with E-state index < -0.39 is 0 Å². The Bertz CT molecular complexity index is 727. The fraction of sp³-hybridized carbons (Fsp3) is 0.0556. The molecular weight excluding hydrogens is 230 g/mol. The minimum absolute atomic E-state index is 1.00. The van der Waals surface area contributed by atoms with Gasteiger partial charge in [-0.25, -0.2) is 4.98 Å². The summed E-state index contributed by atoms with van der Waals surface area (Å²) in [5, 5.41) is 1.22. The van der Waals surface area contributed by atoms with Crippen LogP contribution in [0.1, 0.15) is 16.8 Å². The van der Waals surface area contributed by atoms with Crippen LogP contribution < -0.4 is 0 Å². The first-order valence-electron chi connectivity index (χ1n) is 6.42. The fourth-order valence-corrected chi connectivity index (χ4v) is 2.21. The number of para-hydroxylation sites is 1. The summed E-state index contributed by atoms with van der Waals surface area (Å²) in [7, 11) is 0. The first kappa shape index (κ1) is 11.7. The fourth-order valence-electron chi connectivity index (χ4n) is 2.21. The number of benzene rings is 2. The zero-order valence-corrected chi connectivity index (χ0v) is 10.9. The van der Waals surface area contributed by atoms with Gasteiger partial charge in [0.2, 0.25) is 0 Å². The van der Waals surface area contributed by atoms with Gasteiger partial charge in [-0.3, -0.25) is 0 Å². The molecule has 0 saturated carbocycles. The van der Waals surface area contributed by atoms with Gasteiger partial charge in [-0.1, -0.05) is 54.6 Å². The molecule has 0 spiro atoms. The summed E-state index contributed by atoms with van der Waals surface area (Å²) >= 11 is 0. The van der Waals surface area contributed by atoms with E-state index in [-0.39, 0.29) is 0 Å². The third-order valence-electron chi connectivity index (χ3n) is 3.19. The lowest BCUT2D eigenvalue weighted by atomic mass is 10.1. The number of aromatic nitrogens is 1. The molecule has 0 atom stereocenters. The van der Waals surface area contributed by atoms with Crippen molar-refractivity contribution >= 4 is 23.1 Å². The Kier molecular flexibility index (Phi) is 3.11. The van der Waals surface area contributed by atoms with Gasteiger partial charge in [-0.2, -0.15) is 0 Å². The SMILES string of the molecule is Cc1cc(/C=C/c2ccccc2)nc2ccccc12. The summed E-state index contributed by atoms with van der Waals surface area (Å²) in [6, 6.07) is 20.7. The van der Waals surface area contributed by atoms with Crippen LogP contribution in [0.2, 0.25) is 0 Å². The van der Waals surface area contributed by atoms with Crippen molar-refractivity contribution in [2.24, 2.45) is 0 Å². The van der Waals surface area contributed by atoms with Crippen LogP contribution >= 0.6 is 0 Å². The van der Waals surface area contributed by atoms with E-state index in [1.54, 1.807) is 0 Å². The molecule has 1 heteroatoms. The van der Waals surface area contributed by atoms with Gasteiger partial charge in [0.1, 0.15) is 0 Å². The van der Waals surface area contributed by atoms with E-state index >= 15 is 0 Å². The molecule has 1 aromatic heterocycles. The average Bonchev–Trinajstić information content (AvgIpc) is 2.46. The summed E-state index contributed by atoms with van der Waals surface area (Å²) < 4.78 is 0. The molecule has 3 rings (SSSR count). The molecule has 0 saturated heterocycles. The van der Waals surface area contributed by atoms with Crippen LogP contribution in [0.25, 0.3) is 23.1 Å². The maximum Gasteiger partial charge on any atom is 0.0711 e. The predicted molar refractivity (Wildman–Crippen MR) is 81.9 cm³/mol. The van der Waals surface area contributed by atoms with Crippen molar-refractivity contribution in [2.75, 3.05) is 0 Å². The van der Waals surface area contributed by atoms with Crippen LogP contribution in [0, 0.1) is 6.92 Å². The van der Waals surface area contributed by atoms with Crippen LogP contribution in [-0.2, 0) is 0 Å². The lowest BCUT2D eigenvalue weighted by molar-refractivity contribution is 1.34. The average molecular weight is 245 g/mol. The number of rotatable bonds is 2. The van der Waals surface area contributed by atoms with Crippen molar-refractivity contribution in [1.29, 1.82) is 0 Å². The smallest absolute Gasteiger partial charge is 0.0711 e. The zero-order chi connectivity index (χ0) is 13.1. The van der Waals surface area contributed by atoms with Crippen LogP contribution in [0.15, 0.2) is 60.7 Å². The highest BCUT2D eigenvalue weighted by molar-refractivity contribution is 5.84. The lowest BCUT2D eigenvalue weighted by Crippen LogP contribution is -1.86. The highest BCUT2D eigenvalue weighted by Crippen LogP contribution is 2.18. The minimum Gasteiger partial charge on any atom is -0.248 e. The van der Waals surface area contributed by atoms with E-state index in [4.69, 9.17) is 0 Å². The van der Waals surface area contributed by atoms with E-state index in [0.29, 0.717) is 0 Å². The first-order valence-corrected chi connectivity index (χ1v) is 6.42. The van der Waals surface area contributed by atoms with Crippen LogP contribution in [0.4, 0.5) is 0 Å². The van der Waals surface area contributed by atoms with Crippen molar-refractivity contribution in [1.82, 2.24) is 4.98 Å². The maximum atomic E-state index is 4.66. The summed E-state index contributed by atoms with van der Waals surface area (Å²) in [6.45, 7) is 2.13. The van der Waals surface area contributed by atoms with Gasteiger partial charge in [-0.05, 0) is 36.3 Å². The first-order chi connectivity index (χ1) is 9.33. The van der Waals surface area contributed by atoms with Crippen LogP contribution in [0.5, 0.6) is 0 Å². The van der Waals surface area contributed by atoms with E-state index in [1.807, 2.05) is 24.3 Å². The molecule has 0 aliphatic carbocycles. The second kappa shape index (κ2) is 5.07. The Morgan fingerprint density at radius 1 is 0.842 bits per heavy atom. The Hall–Kier alpha value is -2.41. The number of aryl methyl sites for hydroxylation is 1. The van der Waals surface area contributed by atoms with Gasteiger partial charge in [-0.15, -0.1) is 0 Å². The van der Waals surface area contributed by atoms with Gasteiger partial charge in [0, 0.05) is 5.39 Å². The van der Waals surface area contributed by atoms with E-state index in [2.05, 4.69) is 60.5 Å². The van der Waals surface area contributed by atoms with E-state index in [0.717, 1.165) is 11.2 Å². The summed E-state index contributed by atoms with van der Waals surface area (Å²) in [4.78, 5) is 4.66. The maximum absolute atomic E-state index is 4.66. The second-order valence-electron chi connectivity index (χ2n) is 4.63. The van der Waals surface area contributed by atoms with Crippen LogP contribution in [0.3, 0.4) is 0 Å². The number of hydrogen-bond donors (Lipinski definition) is 0. The van der Waals surface area contributed by atoms with Gasteiger partial charge in [0.15, 0.2) is 0 Å². The predicted octanol–water partition coefficient (Wildman–Crippen LogP) is 4.71. The molecule has 0 unspecified atom stereocenters. The monoisotopic (exact) mass is 245 g/mol. The van der Waals surface area contributed by atoms with Gasteiger partial charge >= 0.3 is 0 Å². The third-order valence-corrected chi connectivity index (χ3v) is 3.19. The lowest BCUT2D eigenvalue weighted by Gasteiger charge is -2.03. The Balaban J connectivity index is 2.00. The van der Waals surface area contributed by atoms with Crippen molar-refractivity contribution < 1.29 is 0 Å². The molecular formula is C18H15N. The molecule has 1 nitrogen and oxygen atoms in total. The molecule has 0 bridgehead atoms. The second-order valence-corrected chi connectivity index (χ2v) is 4.63. The molecule has 2 aromatic carbocycles. The topological polar surface area (TPSA) is 12.9 Å². The van der Waals surface area contributed by atoms with Crippen LogP contribution in [-0.4, -0.2) is 4.98 Å². The Morgan fingerprint density at radius 3 is 2.42 bits per heavy atom. The summed E-state index contributed by atoms with van der Waals surface area (Å²) in [5.74, 6) is 0. The van der Waals surface area contributed by atoms with Gasteiger partial charge in [0.05, 0.1) is 11.2 Å². The number of pyridine rings is 1. The number of fused-ring (bicyclic) bond motifs is 1. The van der Waals surface area contributed by atoms with Gasteiger partial charge < -0.3 is 0 Å². The molecule has 19 heavy (non-hydrogen) atoms. The largest absolute Gasteiger partial charge is 0.248 e. The summed E-state index contributed by atoms with van der Waals surface area (Å²) in [6.07, 6.45) is 4.16. The quantitative estimate of drug-likeness (QED) is 0.637. The van der Waals surface area contributed by atoms with Crippen molar-refractivity contribution in [3.63, 3.8) is 0 Å². The van der Waals surface area contributed by atoms with E-state index in [9.17, 15) is 0 Å². The highest BCUT2D eigenvalue weighted by Gasteiger charge is 1.99. The molecule has 92 valence electrons. The number of nitrogens with zero attached hydrogens (tertiary/aromatic N) is 1. The molecule has 0 fully saturated rings. The normalized spacial score (nSPS) is 11.2. The minimum atomic E-state index is 1.00. The zero-order valence-electron chi connectivity index (χ0n) is 10.9. The van der Waals surface area contributed by atoms with Crippen molar-refractivity contribution in [3.8, 4) is 0 Å². The van der Waals surface area contributed by atoms with Gasteiger partial charge in [0.25, 0.3) is 0 Å². The molecule has 0 radical (unpaired) electrons. The molecule has 0 N–H and O–H groups in total. The van der Waals surface area contributed by atoms with Crippen molar-refractivity contribution in [2.45, 2.75) is 6.92 Å². The molecule has 3 aromatic rings. The molecule has 0 aliphatic heterocycles. The third kappa shape index (κ3) is 2.55. The molecule has 1 heterocycles. The van der Waals surface area contributed by atoms with Crippen molar-refractivity contribution in [3.05, 3.63) is 77.5 Å². The number of hydrogen-bond acceptors (Lipinski definition) is 1. The highest BCUT2D eigenvalue weighted by atomic mass is 14.7. The molecule has 0 amide bonds. The standard InChI is InChI=1S/C18H15N/c1-14-13-16(12-11-15-7-3-2-4-8-15)19-18-10-6-5-9-17(14)18/h2-13H,1H3/b12-11+. The Morgan fingerprint density at radius 2 is 1.58 bits per heavy atom. The molecule has 0 aliphatic rings. The Labute approximate surface area is 113 Å².